The van der Waals surface area contributed by atoms with Crippen LogP contribution in [0.2, 0.25) is 0 Å². The maximum atomic E-state index is 3.56. The topological polar surface area (TPSA) is 0 Å². The molecule has 58 valence electrons. The molecule has 0 saturated carbocycles. The summed E-state index contributed by atoms with van der Waals surface area (Å²) in [5, 5.41) is 0. The van der Waals surface area contributed by atoms with Gasteiger partial charge in [0, 0.05) is 8.95 Å². The zero-order chi connectivity index (χ0) is 7.84. The summed E-state index contributed by atoms with van der Waals surface area (Å²) in [4.78, 5) is 0. The van der Waals surface area contributed by atoms with Crippen LogP contribution in [-0.4, -0.2) is 0 Å². The number of fused-ring (bicyclic) bond motifs is 1. The Morgan fingerprint density at radius 1 is 0.909 bits per heavy atom. The Hall–Kier alpha value is 0.180. The van der Waals surface area contributed by atoms with E-state index in [1.807, 2.05) is 0 Å². The quantitative estimate of drug-likeness (QED) is 0.677. The van der Waals surface area contributed by atoms with E-state index in [2.05, 4.69) is 44.0 Å². The molecule has 1 aliphatic rings. The summed E-state index contributed by atoms with van der Waals surface area (Å²) in [5.41, 5.74) is 3.00. The van der Waals surface area contributed by atoms with Crippen LogP contribution in [-0.2, 0) is 12.8 Å². The van der Waals surface area contributed by atoms with E-state index >= 15 is 0 Å². The monoisotopic (exact) mass is 274 g/mol. The molecule has 0 nitrogen and oxygen atoms in total. The van der Waals surface area contributed by atoms with Crippen molar-refractivity contribution in [2.45, 2.75) is 19.3 Å². The minimum atomic E-state index is 1.23. The van der Waals surface area contributed by atoms with Crippen molar-refractivity contribution < 1.29 is 0 Å². The van der Waals surface area contributed by atoms with Crippen molar-refractivity contribution in [1.29, 1.82) is 0 Å². The molecule has 0 N–H and O–H groups in total. The first-order chi connectivity index (χ1) is 5.29. The Balaban J connectivity index is 2.64. The van der Waals surface area contributed by atoms with Crippen LogP contribution < -0.4 is 0 Å². The van der Waals surface area contributed by atoms with Crippen molar-refractivity contribution in [3.8, 4) is 0 Å². The van der Waals surface area contributed by atoms with E-state index in [-0.39, 0.29) is 0 Å². The van der Waals surface area contributed by atoms with Gasteiger partial charge in [0.05, 0.1) is 0 Å². The molecular weight excluding hydrogens is 268 g/mol. The van der Waals surface area contributed by atoms with E-state index in [0.29, 0.717) is 0 Å². The largest absolute Gasteiger partial charge is 0.0505 e. The summed E-state index contributed by atoms with van der Waals surface area (Å²) in [6.07, 6.45) is 3.77. The Bertz CT molecular complexity index is 263. The van der Waals surface area contributed by atoms with E-state index in [1.165, 1.54) is 39.3 Å². The molecule has 0 heterocycles. The van der Waals surface area contributed by atoms with Crippen LogP contribution in [0, 0.1) is 0 Å². The lowest BCUT2D eigenvalue weighted by atomic mass is 10.1. The third-order valence-electron chi connectivity index (χ3n) is 2.17. The van der Waals surface area contributed by atoms with Gasteiger partial charge in [0.1, 0.15) is 0 Å². The Kier molecular flexibility index (Phi) is 2.06. The van der Waals surface area contributed by atoms with E-state index < -0.39 is 0 Å². The maximum absolute atomic E-state index is 3.56. The standard InChI is InChI=1S/C9H8Br2/c10-8-4-5-9(11)7-3-1-2-6(7)8/h4-5H,1-3H2. The first-order valence-corrected chi connectivity index (χ1v) is 5.33. The molecule has 0 aromatic heterocycles. The summed E-state index contributed by atoms with van der Waals surface area (Å²) in [7, 11) is 0. The molecule has 0 radical (unpaired) electrons. The van der Waals surface area contributed by atoms with Crippen molar-refractivity contribution >= 4 is 31.9 Å². The summed E-state index contributed by atoms with van der Waals surface area (Å²) in [5.74, 6) is 0. The number of halogens is 2. The molecule has 0 unspecified atom stereocenters. The average Bonchev–Trinajstić information content (AvgIpc) is 2.45. The molecule has 11 heavy (non-hydrogen) atoms. The van der Waals surface area contributed by atoms with Gasteiger partial charge in [-0.15, -0.1) is 0 Å². The molecule has 1 aromatic rings. The summed E-state index contributed by atoms with van der Waals surface area (Å²) in [6.45, 7) is 0. The number of rotatable bonds is 0. The molecule has 0 saturated heterocycles. The highest BCUT2D eigenvalue weighted by Gasteiger charge is 2.15. The van der Waals surface area contributed by atoms with Gasteiger partial charge in [0.15, 0.2) is 0 Å². The minimum Gasteiger partial charge on any atom is -0.0505 e. The molecule has 0 aliphatic heterocycles. The molecule has 2 rings (SSSR count). The fourth-order valence-electron chi connectivity index (χ4n) is 1.62. The minimum absolute atomic E-state index is 1.23. The summed E-state index contributed by atoms with van der Waals surface area (Å²) in [6, 6.07) is 4.24. The first kappa shape index (κ1) is 7.81. The van der Waals surface area contributed by atoms with E-state index in [9.17, 15) is 0 Å². The van der Waals surface area contributed by atoms with Crippen molar-refractivity contribution in [1.82, 2.24) is 0 Å². The Morgan fingerprint density at radius 2 is 1.36 bits per heavy atom. The predicted octanol–water partition coefficient (Wildman–Crippen LogP) is 3.70. The molecule has 0 atom stereocenters. The van der Waals surface area contributed by atoms with Gasteiger partial charge in [0.2, 0.25) is 0 Å². The van der Waals surface area contributed by atoms with Gasteiger partial charge in [-0.2, -0.15) is 0 Å². The van der Waals surface area contributed by atoms with E-state index in [0.717, 1.165) is 0 Å². The van der Waals surface area contributed by atoms with Crippen LogP contribution in [0.5, 0.6) is 0 Å². The van der Waals surface area contributed by atoms with Gasteiger partial charge in [0.25, 0.3) is 0 Å². The van der Waals surface area contributed by atoms with Gasteiger partial charge in [-0.05, 0) is 42.5 Å². The van der Waals surface area contributed by atoms with Crippen LogP contribution in [0.1, 0.15) is 17.5 Å². The molecule has 1 aliphatic carbocycles. The molecule has 1 aromatic carbocycles. The smallest absolute Gasteiger partial charge is 0.0210 e. The highest BCUT2D eigenvalue weighted by atomic mass is 79.9. The lowest BCUT2D eigenvalue weighted by Crippen LogP contribution is -1.84. The Morgan fingerprint density at radius 3 is 1.82 bits per heavy atom. The first-order valence-electron chi connectivity index (χ1n) is 3.75. The highest BCUT2D eigenvalue weighted by molar-refractivity contribution is 9.11. The van der Waals surface area contributed by atoms with E-state index in [1.54, 1.807) is 0 Å². The van der Waals surface area contributed by atoms with Crippen LogP contribution >= 0.6 is 31.9 Å². The number of hydrogen-bond donors (Lipinski definition) is 0. The molecule has 0 spiro atoms. The van der Waals surface area contributed by atoms with Crippen molar-refractivity contribution in [2.24, 2.45) is 0 Å². The molecule has 0 amide bonds. The second-order valence-corrected chi connectivity index (χ2v) is 4.55. The molecule has 0 fully saturated rings. The normalized spacial score (nSPS) is 15.1. The predicted molar refractivity (Wildman–Crippen MR) is 53.9 cm³/mol. The van der Waals surface area contributed by atoms with Gasteiger partial charge < -0.3 is 0 Å². The fourth-order valence-corrected chi connectivity index (χ4v) is 2.76. The summed E-state index contributed by atoms with van der Waals surface area (Å²) >= 11 is 7.12. The highest BCUT2D eigenvalue weighted by Crippen LogP contribution is 2.34. The zero-order valence-electron chi connectivity index (χ0n) is 6.03. The van der Waals surface area contributed by atoms with Crippen molar-refractivity contribution in [3.63, 3.8) is 0 Å². The lowest BCUT2D eigenvalue weighted by Gasteiger charge is -2.03. The van der Waals surface area contributed by atoms with Crippen LogP contribution in [0.25, 0.3) is 0 Å². The van der Waals surface area contributed by atoms with Gasteiger partial charge in [-0.3, -0.25) is 0 Å². The fraction of sp³-hybridized carbons (Fsp3) is 0.333. The third kappa shape index (κ3) is 1.27. The van der Waals surface area contributed by atoms with Crippen LogP contribution in [0.4, 0.5) is 0 Å². The van der Waals surface area contributed by atoms with Crippen LogP contribution in [0.15, 0.2) is 21.1 Å². The molecular formula is C9H8Br2. The lowest BCUT2D eigenvalue weighted by molar-refractivity contribution is 0.909. The van der Waals surface area contributed by atoms with Crippen molar-refractivity contribution in [2.75, 3.05) is 0 Å². The SMILES string of the molecule is Brc1ccc(Br)c2c1CCC2. The number of hydrogen-bond acceptors (Lipinski definition) is 0. The maximum Gasteiger partial charge on any atom is 0.0210 e. The zero-order valence-corrected chi connectivity index (χ0v) is 9.20. The van der Waals surface area contributed by atoms with Gasteiger partial charge in [-0.25, -0.2) is 0 Å². The summed E-state index contributed by atoms with van der Waals surface area (Å²) < 4.78 is 2.54. The van der Waals surface area contributed by atoms with Crippen molar-refractivity contribution in [3.05, 3.63) is 32.2 Å². The second kappa shape index (κ2) is 2.91. The van der Waals surface area contributed by atoms with Crippen LogP contribution in [0.3, 0.4) is 0 Å². The molecule has 2 heteroatoms. The average molecular weight is 276 g/mol. The van der Waals surface area contributed by atoms with Gasteiger partial charge >= 0.3 is 0 Å². The third-order valence-corrected chi connectivity index (χ3v) is 3.66. The Labute approximate surface area is 83.3 Å². The van der Waals surface area contributed by atoms with E-state index in [4.69, 9.17) is 0 Å². The number of benzene rings is 1. The second-order valence-electron chi connectivity index (χ2n) is 2.84. The molecule has 0 bridgehead atoms. The van der Waals surface area contributed by atoms with Gasteiger partial charge in [-0.1, -0.05) is 31.9 Å².